The minimum absolute atomic E-state index is 0.0999. The van der Waals surface area contributed by atoms with Gasteiger partial charge in [-0.05, 0) is 25.0 Å². The lowest BCUT2D eigenvalue weighted by Gasteiger charge is -2.06. The molecule has 0 amide bonds. The monoisotopic (exact) mass is 257 g/mol. The van der Waals surface area contributed by atoms with Crippen molar-refractivity contribution in [3.63, 3.8) is 0 Å². The number of nitrogens with two attached hydrogens (primary N) is 1. The topological polar surface area (TPSA) is 115 Å². The molecule has 0 aliphatic heterocycles. The number of nitrogen functional groups attached to an aromatic ring is 1. The van der Waals surface area contributed by atoms with Crippen LogP contribution in [0.5, 0.6) is 0 Å². The van der Waals surface area contributed by atoms with E-state index in [1.807, 2.05) is 0 Å². The number of nitro benzene ring substituents is 1. The van der Waals surface area contributed by atoms with Gasteiger partial charge in [0.1, 0.15) is 0 Å². The van der Waals surface area contributed by atoms with E-state index >= 15 is 0 Å². The predicted octanol–water partition coefficient (Wildman–Crippen LogP) is 0.618. The highest BCUT2D eigenvalue weighted by Gasteiger charge is 2.32. The molecule has 92 valence electrons. The van der Waals surface area contributed by atoms with Crippen LogP contribution in [0.1, 0.15) is 12.8 Å². The summed E-state index contributed by atoms with van der Waals surface area (Å²) in [6, 6.07) is 3.42. The van der Waals surface area contributed by atoms with E-state index in [-0.39, 0.29) is 16.6 Å². The van der Waals surface area contributed by atoms with Gasteiger partial charge in [-0.3, -0.25) is 10.1 Å². The van der Waals surface area contributed by atoms with Crippen molar-refractivity contribution in [3.05, 3.63) is 28.3 Å². The summed E-state index contributed by atoms with van der Waals surface area (Å²) in [6.45, 7) is 0. The Bertz CT molecular complexity index is 566. The fourth-order valence-electron chi connectivity index (χ4n) is 1.39. The highest BCUT2D eigenvalue weighted by atomic mass is 32.2. The van der Waals surface area contributed by atoms with Crippen LogP contribution in [-0.4, -0.2) is 19.4 Å². The second-order valence-electron chi connectivity index (χ2n) is 3.88. The number of hydrogen-bond donors (Lipinski definition) is 2. The van der Waals surface area contributed by atoms with E-state index in [1.165, 1.54) is 6.07 Å². The molecule has 1 fully saturated rings. The lowest BCUT2D eigenvalue weighted by molar-refractivity contribution is -0.387. The normalized spacial score (nSPS) is 15.8. The van der Waals surface area contributed by atoms with Crippen LogP contribution in [-0.2, 0) is 10.0 Å². The van der Waals surface area contributed by atoms with Crippen LogP contribution in [0.25, 0.3) is 0 Å². The summed E-state index contributed by atoms with van der Waals surface area (Å²) in [6.07, 6.45) is 1.53. The molecule has 1 saturated carbocycles. The maximum atomic E-state index is 11.9. The smallest absolute Gasteiger partial charge is 0.291 e. The van der Waals surface area contributed by atoms with E-state index in [2.05, 4.69) is 4.72 Å². The standard InChI is InChI=1S/C9H11N3O4S/c10-6-1-4-9(8(5-6)12(13)14)17(15,16)11-7-2-3-7/h1,4-5,7,11H,2-3,10H2. The van der Waals surface area contributed by atoms with Gasteiger partial charge in [-0.2, -0.15) is 0 Å². The third-order valence-electron chi connectivity index (χ3n) is 2.37. The molecule has 2 rings (SSSR count). The molecular weight excluding hydrogens is 246 g/mol. The van der Waals surface area contributed by atoms with Crippen LogP contribution in [0.4, 0.5) is 11.4 Å². The zero-order valence-corrected chi connectivity index (χ0v) is 9.61. The molecule has 0 aromatic heterocycles. The zero-order chi connectivity index (χ0) is 12.6. The Morgan fingerprint density at radius 1 is 1.41 bits per heavy atom. The van der Waals surface area contributed by atoms with Gasteiger partial charge in [0.05, 0.1) is 4.92 Å². The molecule has 3 N–H and O–H groups in total. The highest BCUT2D eigenvalue weighted by Crippen LogP contribution is 2.28. The summed E-state index contributed by atoms with van der Waals surface area (Å²) in [5.74, 6) is 0. The Morgan fingerprint density at radius 3 is 2.59 bits per heavy atom. The molecule has 17 heavy (non-hydrogen) atoms. The molecule has 0 radical (unpaired) electrons. The molecule has 0 atom stereocenters. The lowest BCUT2D eigenvalue weighted by atomic mass is 10.3. The number of rotatable bonds is 4. The first-order valence-corrected chi connectivity index (χ1v) is 6.45. The molecule has 8 heteroatoms. The Hall–Kier alpha value is -1.67. The van der Waals surface area contributed by atoms with Crippen molar-refractivity contribution >= 4 is 21.4 Å². The fourth-order valence-corrected chi connectivity index (χ4v) is 2.85. The average Bonchev–Trinajstić information content (AvgIpc) is 3.00. The van der Waals surface area contributed by atoms with Gasteiger partial charge in [0.25, 0.3) is 5.69 Å². The van der Waals surface area contributed by atoms with Crippen LogP contribution in [0.3, 0.4) is 0 Å². The zero-order valence-electron chi connectivity index (χ0n) is 8.79. The van der Waals surface area contributed by atoms with Gasteiger partial charge < -0.3 is 5.73 Å². The van der Waals surface area contributed by atoms with Crippen molar-refractivity contribution in [2.75, 3.05) is 5.73 Å². The van der Waals surface area contributed by atoms with Crippen LogP contribution in [0.15, 0.2) is 23.1 Å². The van der Waals surface area contributed by atoms with Crippen molar-refractivity contribution in [2.45, 2.75) is 23.8 Å². The molecule has 1 aromatic carbocycles. The molecular formula is C9H11N3O4S. The van der Waals surface area contributed by atoms with E-state index in [4.69, 9.17) is 5.73 Å². The number of benzene rings is 1. The molecule has 1 aliphatic carbocycles. The minimum Gasteiger partial charge on any atom is -0.399 e. The molecule has 0 spiro atoms. The summed E-state index contributed by atoms with van der Waals surface area (Å²) in [7, 11) is -3.84. The molecule has 1 aliphatic rings. The summed E-state index contributed by atoms with van der Waals surface area (Å²) >= 11 is 0. The number of nitrogens with one attached hydrogen (secondary N) is 1. The molecule has 1 aromatic rings. The third kappa shape index (κ3) is 2.53. The predicted molar refractivity (Wildman–Crippen MR) is 60.9 cm³/mol. The van der Waals surface area contributed by atoms with Gasteiger partial charge in [0.15, 0.2) is 4.90 Å². The number of anilines is 1. The van der Waals surface area contributed by atoms with E-state index in [0.29, 0.717) is 0 Å². The quantitative estimate of drug-likeness (QED) is 0.466. The summed E-state index contributed by atoms with van der Waals surface area (Å²) in [5, 5.41) is 10.8. The van der Waals surface area contributed by atoms with Gasteiger partial charge in [0.2, 0.25) is 10.0 Å². The minimum atomic E-state index is -3.84. The van der Waals surface area contributed by atoms with E-state index in [1.54, 1.807) is 0 Å². The maximum absolute atomic E-state index is 11.9. The molecule has 0 bridgehead atoms. The highest BCUT2D eigenvalue weighted by molar-refractivity contribution is 7.89. The fraction of sp³-hybridized carbons (Fsp3) is 0.333. The van der Waals surface area contributed by atoms with E-state index in [0.717, 1.165) is 25.0 Å². The van der Waals surface area contributed by atoms with Gasteiger partial charge in [-0.1, -0.05) is 0 Å². The van der Waals surface area contributed by atoms with Crippen LogP contribution >= 0.6 is 0 Å². The van der Waals surface area contributed by atoms with Gasteiger partial charge >= 0.3 is 0 Å². The molecule has 7 nitrogen and oxygen atoms in total. The number of hydrogen-bond acceptors (Lipinski definition) is 5. The Kier molecular flexibility index (Phi) is 2.76. The SMILES string of the molecule is Nc1ccc(S(=O)(=O)NC2CC2)c([N+](=O)[O-])c1. The number of nitrogens with zero attached hydrogens (tertiary/aromatic N) is 1. The Morgan fingerprint density at radius 2 is 2.06 bits per heavy atom. The number of sulfonamides is 1. The van der Waals surface area contributed by atoms with E-state index in [9.17, 15) is 18.5 Å². The van der Waals surface area contributed by atoms with Crippen molar-refractivity contribution in [1.82, 2.24) is 4.72 Å². The van der Waals surface area contributed by atoms with Gasteiger partial charge in [-0.15, -0.1) is 0 Å². The summed E-state index contributed by atoms with van der Waals surface area (Å²) < 4.78 is 26.1. The maximum Gasteiger partial charge on any atom is 0.291 e. The van der Waals surface area contributed by atoms with Gasteiger partial charge in [0, 0.05) is 17.8 Å². The second-order valence-corrected chi connectivity index (χ2v) is 5.56. The first kappa shape index (κ1) is 11.8. The van der Waals surface area contributed by atoms with Crippen LogP contribution in [0.2, 0.25) is 0 Å². The van der Waals surface area contributed by atoms with Gasteiger partial charge in [-0.25, -0.2) is 13.1 Å². The lowest BCUT2D eigenvalue weighted by Crippen LogP contribution is -2.26. The largest absolute Gasteiger partial charge is 0.399 e. The third-order valence-corrected chi connectivity index (χ3v) is 3.94. The van der Waals surface area contributed by atoms with Crippen molar-refractivity contribution < 1.29 is 13.3 Å². The second kappa shape index (κ2) is 3.97. The summed E-state index contributed by atoms with van der Waals surface area (Å²) in [5.41, 5.74) is 5.06. The van der Waals surface area contributed by atoms with Crippen molar-refractivity contribution in [1.29, 1.82) is 0 Å². The Labute approximate surface area is 97.8 Å². The first-order valence-electron chi connectivity index (χ1n) is 4.96. The molecule has 0 saturated heterocycles. The first-order chi connectivity index (χ1) is 7.90. The Balaban J connectivity index is 2.46. The summed E-state index contributed by atoms with van der Waals surface area (Å²) in [4.78, 5) is 9.68. The molecule has 0 heterocycles. The van der Waals surface area contributed by atoms with E-state index < -0.39 is 20.6 Å². The van der Waals surface area contributed by atoms with Crippen LogP contribution in [0, 0.1) is 10.1 Å². The van der Waals surface area contributed by atoms with Crippen molar-refractivity contribution in [2.24, 2.45) is 0 Å². The number of nitro groups is 1. The molecule has 0 unspecified atom stereocenters. The van der Waals surface area contributed by atoms with Crippen LogP contribution < -0.4 is 10.5 Å². The average molecular weight is 257 g/mol. The van der Waals surface area contributed by atoms with Crippen molar-refractivity contribution in [3.8, 4) is 0 Å².